The number of nitrogens with zero attached hydrogens (tertiary/aromatic N) is 1. The number of carbonyl (C=O) groups is 2. The molecule has 0 bridgehead atoms. The van der Waals surface area contributed by atoms with Gasteiger partial charge >= 0.3 is 0 Å². The average Bonchev–Trinajstić information content (AvgIpc) is 3.12. The van der Waals surface area contributed by atoms with Crippen LogP contribution in [-0.2, 0) is 14.3 Å². The first-order valence-electron chi connectivity index (χ1n) is 8.73. The highest BCUT2D eigenvalue weighted by Crippen LogP contribution is 2.17. The highest BCUT2D eigenvalue weighted by molar-refractivity contribution is 5.95. The van der Waals surface area contributed by atoms with Gasteiger partial charge in [-0.15, -0.1) is 0 Å². The van der Waals surface area contributed by atoms with Gasteiger partial charge in [0.05, 0.1) is 25.7 Å². The van der Waals surface area contributed by atoms with E-state index in [1.807, 2.05) is 4.90 Å². The van der Waals surface area contributed by atoms with E-state index in [0.717, 1.165) is 25.2 Å². The fourth-order valence-corrected chi connectivity index (χ4v) is 3.24. The molecular weight excluding hydrogens is 322 g/mol. The molecule has 3 rings (SSSR count). The second kappa shape index (κ2) is 8.31. The van der Waals surface area contributed by atoms with Crippen molar-refractivity contribution in [2.24, 2.45) is 0 Å². The Morgan fingerprint density at radius 1 is 1.40 bits per heavy atom. The lowest BCUT2D eigenvalue weighted by Gasteiger charge is -2.34. The van der Waals surface area contributed by atoms with Crippen LogP contribution in [0.3, 0.4) is 0 Å². The SMILES string of the molecule is COc1ccc(NC(=O)CC2NCCN(CC3CCCO3)C2=O)cc1. The Morgan fingerprint density at radius 2 is 2.20 bits per heavy atom. The van der Waals surface area contributed by atoms with E-state index >= 15 is 0 Å². The van der Waals surface area contributed by atoms with Crippen LogP contribution in [0.1, 0.15) is 19.3 Å². The molecule has 7 nitrogen and oxygen atoms in total. The van der Waals surface area contributed by atoms with Crippen molar-refractivity contribution in [3.05, 3.63) is 24.3 Å². The van der Waals surface area contributed by atoms with Crippen molar-refractivity contribution in [3.8, 4) is 5.75 Å². The summed E-state index contributed by atoms with van der Waals surface area (Å²) < 4.78 is 10.7. The maximum atomic E-state index is 12.6. The number of piperazine rings is 1. The molecule has 136 valence electrons. The van der Waals surface area contributed by atoms with Gasteiger partial charge in [0.15, 0.2) is 0 Å². The number of amides is 2. The summed E-state index contributed by atoms with van der Waals surface area (Å²) in [5.41, 5.74) is 0.685. The van der Waals surface area contributed by atoms with Crippen LogP contribution in [0.25, 0.3) is 0 Å². The molecule has 0 saturated carbocycles. The van der Waals surface area contributed by atoms with E-state index < -0.39 is 6.04 Å². The maximum Gasteiger partial charge on any atom is 0.240 e. The molecule has 1 aromatic rings. The minimum atomic E-state index is -0.478. The van der Waals surface area contributed by atoms with Gasteiger partial charge in [0.1, 0.15) is 5.75 Å². The summed E-state index contributed by atoms with van der Waals surface area (Å²) in [4.78, 5) is 26.7. The molecule has 0 aliphatic carbocycles. The van der Waals surface area contributed by atoms with E-state index in [9.17, 15) is 9.59 Å². The van der Waals surface area contributed by atoms with Gasteiger partial charge in [0.2, 0.25) is 11.8 Å². The van der Waals surface area contributed by atoms with E-state index in [1.165, 1.54) is 0 Å². The van der Waals surface area contributed by atoms with Gasteiger partial charge in [-0.25, -0.2) is 0 Å². The maximum absolute atomic E-state index is 12.6. The Kier molecular flexibility index (Phi) is 5.88. The third-order valence-electron chi connectivity index (χ3n) is 4.59. The molecule has 2 unspecified atom stereocenters. The fourth-order valence-electron chi connectivity index (χ4n) is 3.24. The zero-order chi connectivity index (χ0) is 17.6. The van der Waals surface area contributed by atoms with Crippen molar-refractivity contribution < 1.29 is 19.1 Å². The van der Waals surface area contributed by atoms with Gasteiger partial charge in [0, 0.05) is 31.9 Å². The summed E-state index contributed by atoms with van der Waals surface area (Å²) in [6, 6.07) is 6.63. The number of hydrogen-bond donors (Lipinski definition) is 2. The summed E-state index contributed by atoms with van der Waals surface area (Å²) in [6.45, 7) is 2.75. The van der Waals surface area contributed by atoms with Gasteiger partial charge in [0.25, 0.3) is 0 Å². The van der Waals surface area contributed by atoms with Gasteiger partial charge in [-0.3, -0.25) is 9.59 Å². The smallest absolute Gasteiger partial charge is 0.240 e. The second-order valence-electron chi connectivity index (χ2n) is 6.41. The van der Waals surface area contributed by atoms with E-state index in [2.05, 4.69) is 10.6 Å². The first kappa shape index (κ1) is 17.7. The predicted molar refractivity (Wildman–Crippen MR) is 93.6 cm³/mol. The standard InChI is InChI=1S/C18H25N3O4/c1-24-14-6-4-13(5-7-14)20-17(22)11-16-18(23)21(9-8-19-16)12-15-3-2-10-25-15/h4-7,15-16,19H,2-3,8-12H2,1H3,(H,20,22). The van der Waals surface area contributed by atoms with Crippen LogP contribution in [0, 0.1) is 0 Å². The zero-order valence-electron chi connectivity index (χ0n) is 14.5. The number of nitrogens with one attached hydrogen (secondary N) is 2. The first-order chi connectivity index (χ1) is 12.2. The van der Waals surface area contributed by atoms with Crippen LogP contribution < -0.4 is 15.4 Å². The molecule has 2 amide bonds. The topological polar surface area (TPSA) is 79.9 Å². The Hall–Kier alpha value is -2.12. The molecule has 2 saturated heterocycles. The number of benzene rings is 1. The normalized spacial score (nSPS) is 23.6. The van der Waals surface area contributed by atoms with Crippen LogP contribution in [0.4, 0.5) is 5.69 Å². The van der Waals surface area contributed by atoms with Crippen molar-refractivity contribution in [1.82, 2.24) is 10.2 Å². The Morgan fingerprint density at radius 3 is 2.88 bits per heavy atom. The van der Waals surface area contributed by atoms with Crippen LogP contribution in [-0.4, -0.2) is 62.2 Å². The zero-order valence-corrected chi connectivity index (χ0v) is 14.5. The minimum Gasteiger partial charge on any atom is -0.497 e. The molecule has 0 radical (unpaired) electrons. The van der Waals surface area contributed by atoms with Crippen LogP contribution >= 0.6 is 0 Å². The highest BCUT2D eigenvalue weighted by atomic mass is 16.5. The quantitative estimate of drug-likeness (QED) is 0.803. The molecule has 7 heteroatoms. The lowest BCUT2D eigenvalue weighted by atomic mass is 10.1. The molecule has 2 aliphatic rings. The third kappa shape index (κ3) is 4.70. The molecule has 2 aliphatic heterocycles. The Bertz CT molecular complexity index is 599. The van der Waals surface area contributed by atoms with E-state index in [0.29, 0.717) is 25.3 Å². The Balaban J connectivity index is 1.51. The molecular formula is C18H25N3O4. The lowest BCUT2D eigenvalue weighted by Crippen LogP contribution is -2.57. The average molecular weight is 347 g/mol. The van der Waals surface area contributed by atoms with Crippen LogP contribution in [0.5, 0.6) is 5.75 Å². The number of methoxy groups -OCH3 is 1. The van der Waals surface area contributed by atoms with E-state index in [4.69, 9.17) is 9.47 Å². The van der Waals surface area contributed by atoms with Gasteiger partial charge in [-0.2, -0.15) is 0 Å². The van der Waals surface area contributed by atoms with Crippen LogP contribution in [0.2, 0.25) is 0 Å². The van der Waals surface area contributed by atoms with Crippen molar-refractivity contribution >= 4 is 17.5 Å². The van der Waals surface area contributed by atoms with Gasteiger partial charge in [-0.1, -0.05) is 0 Å². The fraction of sp³-hybridized carbons (Fsp3) is 0.556. The Labute approximate surface area is 147 Å². The molecule has 25 heavy (non-hydrogen) atoms. The minimum absolute atomic E-state index is 0.0216. The number of hydrogen-bond acceptors (Lipinski definition) is 5. The highest BCUT2D eigenvalue weighted by Gasteiger charge is 2.32. The summed E-state index contributed by atoms with van der Waals surface area (Å²) in [7, 11) is 1.59. The summed E-state index contributed by atoms with van der Waals surface area (Å²) in [5, 5.41) is 5.96. The molecule has 2 heterocycles. The third-order valence-corrected chi connectivity index (χ3v) is 4.59. The number of rotatable bonds is 6. The molecule has 2 atom stereocenters. The van der Waals surface area contributed by atoms with Crippen LogP contribution in [0.15, 0.2) is 24.3 Å². The van der Waals surface area contributed by atoms with Crippen molar-refractivity contribution in [3.63, 3.8) is 0 Å². The van der Waals surface area contributed by atoms with Crippen molar-refractivity contribution in [1.29, 1.82) is 0 Å². The molecule has 1 aromatic carbocycles. The molecule has 0 aromatic heterocycles. The molecule has 0 spiro atoms. The number of ether oxygens (including phenoxy) is 2. The van der Waals surface area contributed by atoms with Gasteiger partial charge in [-0.05, 0) is 37.1 Å². The lowest BCUT2D eigenvalue weighted by molar-refractivity contribution is -0.139. The van der Waals surface area contributed by atoms with Crippen molar-refractivity contribution in [2.45, 2.75) is 31.4 Å². The summed E-state index contributed by atoms with van der Waals surface area (Å²) in [5.74, 6) is 0.522. The number of anilines is 1. The van der Waals surface area contributed by atoms with E-state index in [-0.39, 0.29) is 24.3 Å². The van der Waals surface area contributed by atoms with Gasteiger partial charge < -0.3 is 25.0 Å². The van der Waals surface area contributed by atoms with Crippen molar-refractivity contribution in [2.75, 3.05) is 38.7 Å². The summed E-state index contributed by atoms with van der Waals surface area (Å²) in [6.07, 6.45) is 2.31. The second-order valence-corrected chi connectivity index (χ2v) is 6.41. The largest absolute Gasteiger partial charge is 0.497 e. The predicted octanol–water partition coefficient (Wildman–Crippen LogP) is 1.00. The molecule has 2 N–H and O–H groups in total. The first-order valence-corrected chi connectivity index (χ1v) is 8.73. The monoisotopic (exact) mass is 347 g/mol. The van der Waals surface area contributed by atoms with E-state index in [1.54, 1.807) is 31.4 Å². The summed E-state index contributed by atoms with van der Waals surface area (Å²) >= 11 is 0. The molecule has 2 fully saturated rings. The number of carbonyl (C=O) groups excluding carboxylic acids is 2.